The zero-order valence-electron chi connectivity index (χ0n) is 8.96. The lowest BCUT2D eigenvalue weighted by molar-refractivity contribution is 0.0950. The predicted molar refractivity (Wildman–Crippen MR) is 65.0 cm³/mol. The molecule has 0 saturated heterocycles. The number of benzene rings is 1. The number of likely N-dealkylation sites (N-methyl/N-ethyl adjacent to an activating group) is 1. The molecule has 0 spiro atoms. The molecular formula is C11H15BrN2O. The van der Waals surface area contributed by atoms with Gasteiger partial charge in [0.15, 0.2) is 0 Å². The van der Waals surface area contributed by atoms with E-state index < -0.39 is 0 Å². The molecule has 3 nitrogen and oxygen atoms in total. The lowest BCUT2D eigenvalue weighted by Crippen LogP contribution is -2.31. The maximum atomic E-state index is 11.7. The van der Waals surface area contributed by atoms with Gasteiger partial charge in [-0.05, 0) is 42.2 Å². The fourth-order valence-corrected chi connectivity index (χ4v) is 1.60. The minimum atomic E-state index is -0.0377. The average Bonchev–Trinajstić information content (AvgIpc) is 2.17. The molecule has 1 rings (SSSR count). The summed E-state index contributed by atoms with van der Waals surface area (Å²) in [5, 5.41) is 2.86. The molecular weight excluding hydrogens is 256 g/mol. The second kappa shape index (κ2) is 5.88. The third-order valence-corrected chi connectivity index (χ3v) is 2.65. The molecule has 4 heteroatoms. The Morgan fingerprint density at radius 2 is 2.07 bits per heavy atom. The van der Waals surface area contributed by atoms with Crippen LogP contribution in [-0.2, 0) is 0 Å². The first-order valence-corrected chi connectivity index (χ1v) is 5.58. The Kier molecular flexibility index (Phi) is 4.78. The summed E-state index contributed by atoms with van der Waals surface area (Å²) in [6, 6.07) is 7.40. The molecule has 0 fully saturated rings. The number of hydrogen-bond donors (Lipinski definition) is 1. The molecule has 0 aliphatic rings. The van der Waals surface area contributed by atoms with Gasteiger partial charge in [0.1, 0.15) is 0 Å². The van der Waals surface area contributed by atoms with E-state index in [1.807, 2.05) is 37.2 Å². The van der Waals surface area contributed by atoms with Crippen molar-refractivity contribution in [2.75, 3.05) is 27.2 Å². The van der Waals surface area contributed by atoms with Gasteiger partial charge in [-0.2, -0.15) is 0 Å². The monoisotopic (exact) mass is 270 g/mol. The first kappa shape index (κ1) is 12.2. The van der Waals surface area contributed by atoms with E-state index >= 15 is 0 Å². The van der Waals surface area contributed by atoms with E-state index in [1.165, 1.54) is 0 Å². The van der Waals surface area contributed by atoms with Gasteiger partial charge >= 0.3 is 0 Å². The number of amides is 1. The molecule has 82 valence electrons. The minimum Gasteiger partial charge on any atom is -0.351 e. The molecule has 0 bridgehead atoms. The number of nitrogens with one attached hydrogen (secondary N) is 1. The third kappa shape index (κ3) is 4.01. The highest BCUT2D eigenvalue weighted by Crippen LogP contribution is 2.15. The number of rotatable bonds is 4. The largest absolute Gasteiger partial charge is 0.351 e. The van der Waals surface area contributed by atoms with Gasteiger partial charge in [-0.1, -0.05) is 12.1 Å². The maximum absolute atomic E-state index is 11.7. The van der Waals surface area contributed by atoms with E-state index in [0.29, 0.717) is 12.1 Å². The third-order valence-electron chi connectivity index (χ3n) is 1.96. The van der Waals surface area contributed by atoms with E-state index in [0.717, 1.165) is 11.0 Å². The van der Waals surface area contributed by atoms with Crippen LogP contribution in [0.4, 0.5) is 0 Å². The van der Waals surface area contributed by atoms with Gasteiger partial charge in [0.05, 0.1) is 5.56 Å². The van der Waals surface area contributed by atoms with Crippen LogP contribution in [0.15, 0.2) is 28.7 Å². The van der Waals surface area contributed by atoms with Crippen LogP contribution >= 0.6 is 15.9 Å². The summed E-state index contributed by atoms with van der Waals surface area (Å²) in [4.78, 5) is 13.7. The quantitative estimate of drug-likeness (QED) is 0.904. The van der Waals surface area contributed by atoms with Crippen molar-refractivity contribution in [2.24, 2.45) is 0 Å². The molecule has 0 saturated carbocycles. The molecule has 15 heavy (non-hydrogen) atoms. The van der Waals surface area contributed by atoms with Crippen LogP contribution in [0.5, 0.6) is 0 Å². The Hall–Kier alpha value is -0.870. The number of nitrogens with zero attached hydrogens (tertiary/aromatic N) is 1. The van der Waals surface area contributed by atoms with Crippen molar-refractivity contribution < 1.29 is 4.79 Å². The number of carbonyl (C=O) groups is 1. The predicted octanol–water partition coefficient (Wildman–Crippen LogP) is 1.74. The van der Waals surface area contributed by atoms with Gasteiger partial charge in [-0.25, -0.2) is 0 Å². The number of halogens is 1. The zero-order chi connectivity index (χ0) is 11.3. The molecule has 1 aromatic rings. The van der Waals surface area contributed by atoms with Gasteiger partial charge in [0.25, 0.3) is 5.91 Å². The minimum absolute atomic E-state index is 0.0377. The Balaban J connectivity index is 2.51. The van der Waals surface area contributed by atoms with Crippen LogP contribution < -0.4 is 5.32 Å². The Bertz CT molecular complexity index is 339. The summed E-state index contributed by atoms with van der Waals surface area (Å²) in [5.41, 5.74) is 0.677. The zero-order valence-corrected chi connectivity index (χ0v) is 10.5. The van der Waals surface area contributed by atoms with Crippen molar-refractivity contribution in [3.63, 3.8) is 0 Å². The van der Waals surface area contributed by atoms with Crippen molar-refractivity contribution in [3.05, 3.63) is 34.3 Å². The molecule has 0 radical (unpaired) electrons. The van der Waals surface area contributed by atoms with E-state index in [2.05, 4.69) is 21.2 Å². The SMILES string of the molecule is CN(C)CCNC(=O)c1ccccc1Br. The topological polar surface area (TPSA) is 32.3 Å². The fourth-order valence-electron chi connectivity index (χ4n) is 1.13. The highest BCUT2D eigenvalue weighted by Gasteiger charge is 2.07. The second-order valence-corrected chi connectivity index (χ2v) is 4.39. The highest BCUT2D eigenvalue weighted by molar-refractivity contribution is 9.10. The standard InChI is InChI=1S/C11H15BrN2O/c1-14(2)8-7-13-11(15)9-5-3-4-6-10(9)12/h3-6H,7-8H2,1-2H3,(H,13,15). The van der Waals surface area contributed by atoms with Gasteiger partial charge in [0.2, 0.25) is 0 Å². The average molecular weight is 271 g/mol. The van der Waals surface area contributed by atoms with Crippen LogP contribution in [-0.4, -0.2) is 38.0 Å². The van der Waals surface area contributed by atoms with Crippen molar-refractivity contribution in [2.45, 2.75) is 0 Å². The molecule has 1 aromatic carbocycles. The molecule has 0 aliphatic carbocycles. The van der Waals surface area contributed by atoms with Gasteiger partial charge in [0, 0.05) is 17.6 Å². The van der Waals surface area contributed by atoms with E-state index in [4.69, 9.17) is 0 Å². The summed E-state index contributed by atoms with van der Waals surface area (Å²) in [5.74, 6) is -0.0377. The summed E-state index contributed by atoms with van der Waals surface area (Å²) in [6.07, 6.45) is 0. The van der Waals surface area contributed by atoms with Crippen LogP contribution in [0.1, 0.15) is 10.4 Å². The first-order valence-electron chi connectivity index (χ1n) is 4.78. The lowest BCUT2D eigenvalue weighted by atomic mass is 10.2. The summed E-state index contributed by atoms with van der Waals surface area (Å²) in [6.45, 7) is 1.50. The van der Waals surface area contributed by atoms with E-state index in [-0.39, 0.29) is 5.91 Å². The molecule has 0 atom stereocenters. The molecule has 0 unspecified atom stereocenters. The van der Waals surface area contributed by atoms with Gasteiger partial charge in [-0.15, -0.1) is 0 Å². The van der Waals surface area contributed by atoms with Crippen molar-refractivity contribution in [1.29, 1.82) is 0 Å². The van der Waals surface area contributed by atoms with Crippen molar-refractivity contribution in [3.8, 4) is 0 Å². The lowest BCUT2D eigenvalue weighted by Gasteiger charge is -2.10. The summed E-state index contributed by atoms with van der Waals surface area (Å²) >= 11 is 3.35. The van der Waals surface area contributed by atoms with Crippen LogP contribution in [0.25, 0.3) is 0 Å². The highest BCUT2D eigenvalue weighted by atomic mass is 79.9. The van der Waals surface area contributed by atoms with Crippen LogP contribution in [0, 0.1) is 0 Å². The molecule has 0 aromatic heterocycles. The van der Waals surface area contributed by atoms with Gasteiger partial charge in [-0.3, -0.25) is 4.79 Å². The van der Waals surface area contributed by atoms with E-state index in [1.54, 1.807) is 6.07 Å². The van der Waals surface area contributed by atoms with Crippen molar-refractivity contribution in [1.82, 2.24) is 10.2 Å². The summed E-state index contributed by atoms with van der Waals surface area (Å²) in [7, 11) is 3.95. The van der Waals surface area contributed by atoms with Crippen LogP contribution in [0.3, 0.4) is 0 Å². The molecule has 1 N–H and O–H groups in total. The van der Waals surface area contributed by atoms with Gasteiger partial charge < -0.3 is 10.2 Å². The Labute approximate surface area is 98.6 Å². The Morgan fingerprint density at radius 3 is 2.67 bits per heavy atom. The number of carbonyl (C=O) groups excluding carboxylic acids is 1. The normalized spacial score (nSPS) is 10.4. The van der Waals surface area contributed by atoms with Crippen molar-refractivity contribution >= 4 is 21.8 Å². The van der Waals surface area contributed by atoms with E-state index in [9.17, 15) is 4.79 Å². The smallest absolute Gasteiger partial charge is 0.252 e. The maximum Gasteiger partial charge on any atom is 0.252 e. The summed E-state index contributed by atoms with van der Waals surface area (Å²) < 4.78 is 0.826. The second-order valence-electron chi connectivity index (χ2n) is 3.54. The number of hydrogen-bond acceptors (Lipinski definition) is 2. The molecule has 0 heterocycles. The molecule has 1 amide bonds. The molecule has 0 aliphatic heterocycles. The van der Waals surface area contributed by atoms with Crippen LogP contribution in [0.2, 0.25) is 0 Å². The first-order chi connectivity index (χ1) is 7.11. The Morgan fingerprint density at radius 1 is 1.40 bits per heavy atom. The fraction of sp³-hybridized carbons (Fsp3) is 0.364.